The van der Waals surface area contributed by atoms with Gasteiger partial charge in [-0.15, -0.1) is 0 Å². The van der Waals surface area contributed by atoms with Gasteiger partial charge in [0.15, 0.2) is 0 Å². The second-order valence-electron chi connectivity index (χ2n) is 2.56. The van der Waals surface area contributed by atoms with Gasteiger partial charge in [0.05, 0.1) is 6.04 Å². The molecule has 0 spiro atoms. The summed E-state index contributed by atoms with van der Waals surface area (Å²) in [5.41, 5.74) is 6.69. The van der Waals surface area contributed by atoms with Gasteiger partial charge in [-0.2, -0.15) is 0 Å². The number of aldehydes is 1. The average Bonchev–Trinajstić information content (AvgIpc) is 2.16. The average molecular weight is 164 g/mol. The molecule has 3 heteroatoms. The van der Waals surface area contributed by atoms with E-state index in [4.69, 9.17) is 0 Å². The van der Waals surface area contributed by atoms with Gasteiger partial charge in [-0.1, -0.05) is 18.2 Å². The smallest absolute Gasteiger partial charge is 0.138 e. The molecule has 0 aromatic heterocycles. The third-order valence-corrected chi connectivity index (χ3v) is 1.42. The molecule has 0 aliphatic rings. The molecule has 0 radical (unpaired) electrons. The summed E-state index contributed by atoms with van der Waals surface area (Å²) in [6.45, 7) is 1.78. The van der Waals surface area contributed by atoms with Crippen LogP contribution >= 0.6 is 0 Å². The summed E-state index contributed by atoms with van der Waals surface area (Å²) in [7, 11) is 0. The monoisotopic (exact) mass is 164 g/mol. The van der Waals surface area contributed by atoms with E-state index in [9.17, 15) is 4.79 Å². The number of para-hydroxylation sites is 1. The van der Waals surface area contributed by atoms with Gasteiger partial charge < -0.3 is 10.2 Å². The molecule has 1 atom stereocenters. The highest BCUT2D eigenvalue weighted by Crippen LogP contribution is 2.02. The van der Waals surface area contributed by atoms with Crippen molar-refractivity contribution in [2.75, 3.05) is 5.43 Å². The normalized spacial score (nSPS) is 12.1. The van der Waals surface area contributed by atoms with Crippen molar-refractivity contribution in [3.8, 4) is 0 Å². The fraction of sp³-hybridized carbons (Fsp3) is 0.222. The lowest BCUT2D eigenvalue weighted by Gasteiger charge is -2.09. The zero-order chi connectivity index (χ0) is 8.81. The maximum absolute atomic E-state index is 10.2. The summed E-state index contributed by atoms with van der Waals surface area (Å²) < 4.78 is 0. The lowest BCUT2D eigenvalue weighted by Crippen LogP contribution is -2.32. The summed E-state index contributed by atoms with van der Waals surface area (Å²) in [6.07, 6.45) is 0.843. The molecular weight excluding hydrogens is 152 g/mol. The van der Waals surface area contributed by atoms with Gasteiger partial charge in [0.1, 0.15) is 6.29 Å². The molecule has 1 rings (SSSR count). The van der Waals surface area contributed by atoms with Crippen LogP contribution in [0.4, 0.5) is 5.69 Å². The first-order valence-electron chi connectivity index (χ1n) is 3.85. The maximum Gasteiger partial charge on any atom is 0.138 e. The van der Waals surface area contributed by atoms with Crippen molar-refractivity contribution in [3.63, 3.8) is 0 Å². The number of rotatable bonds is 4. The van der Waals surface area contributed by atoms with Crippen LogP contribution in [-0.4, -0.2) is 12.3 Å². The highest BCUT2D eigenvalue weighted by molar-refractivity contribution is 5.57. The first kappa shape index (κ1) is 8.74. The molecule has 0 saturated heterocycles. The van der Waals surface area contributed by atoms with Crippen molar-refractivity contribution in [2.24, 2.45) is 0 Å². The summed E-state index contributed by atoms with van der Waals surface area (Å²) in [5.74, 6) is 0. The van der Waals surface area contributed by atoms with Crippen LogP contribution in [-0.2, 0) is 4.79 Å². The molecule has 0 amide bonds. The molecule has 1 aromatic rings. The third kappa shape index (κ3) is 2.72. The zero-order valence-electron chi connectivity index (χ0n) is 6.95. The highest BCUT2D eigenvalue weighted by atomic mass is 16.1. The quantitative estimate of drug-likeness (QED) is 0.519. The van der Waals surface area contributed by atoms with Gasteiger partial charge in [-0.3, -0.25) is 0 Å². The summed E-state index contributed by atoms with van der Waals surface area (Å²) in [5, 5.41) is 0. The van der Waals surface area contributed by atoms with Crippen LogP contribution in [0.5, 0.6) is 0 Å². The lowest BCUT2D eigenvalue weighted by molar-refractivity contribution is -0.109. The van der Waals surface area contributed by atoms with E-state index in [1.807, 2.05) is 30.3 Å². The van der Waals surface area contributed by atoms with Gasteiger partial charge in [0, 0.05) is 5.69 Å². The predicted octanol–water partition coefficient (Wildman–Crippen LogP) is 1.19. The van der Waals surface area contributed by atoms with Crippen molar-refractivity contribution < 1.29 is 4.79 Å². The Morgan fingerprint density at radius 2 is 2.00 bits per heavy atom. The minimum Gasteiger partial charge on any atom is -0.321 e. The number of benzene rings is 1. The molecule has 1 aromatic carbocycles. The molecule has 64 valence electrons. The molecule has 0 aliphatic heterocycles. The number of anilines is 1. The Kier molecular flexibility index (Phi) is 3.29. The number of carbonyl (C=O) groups is 1. The molecule has 0 fully saturated rings. The molecule has 0 bridgehead atoms. The second kappa shape index (κ2) is 4.51. The fourth-order valence-corrected chi connectivity index (χ4v) is 0.753. The van der Waals surface area contributed by atoms with Crippen molar-refractivity contribution in [1.82, 2.24) is 5.43 Å². The van der Waals surface area contributed by atoms with E-state index < -0.39 is 0 Å². The number of hydrazine groups is 1. The van der Waals surface area contributed by atoms with E-state index in [1.165, 1.54) is 0 Å². The fourth-order valence-electron chi connectivity index (χ4n) is 0.753. The first-order chi connectivity index (χ1) is 5.83. The highest BCUT2D eigenvalue weighted by Gasteiger charge is 1.95. The van der Waals surface area contributed by atoms with Crippen molar-refractivity contribution in [3.05, 3.63) is 30.3 Å². The number of nitrogens with one attached hydrogen (secondary N) is 2. The van der Waals surface area contributed by atoms with Crippen LogP contribution in [0.1, 0.15) is 6.92 Å². The van der Waals surface area contributed by atoms with Crippen LogP contribution in [0.25, 0.3) is 0 Å². The SMILES string of the molecule is CC(C=O)NNc1ccccc1. The number of carbonyl (C=O) groups excluding carboxylic acids is 1. The van der Waals surface area contributed by atoms with Crippen molar-refractivity contribution in [2.45, 2.75) is 13.0 Å². The zero-order valence-corrected chi connectivity index (χ0v) is 6.95. The van der Waals surface area contributed by atoms with Crippen LogP contribution in [0.2, 0.25) is 0 Å². The van der Waals surface area contributed by atoms with E-state index in [1.54, 1.807) is 6.92 Å². The second-order valence-corrected chi connectivity index (χ2v) is 2.56. The molecular formula is C9H12N2O. The maximum atomic E-state index is 10.2. The Morgan fingerprint density at radius 1 is 1.33 bits per heavy atom. The van der Waals surface area contributed by atoms with Gasteiger partial charge >= 0.3 is 0 Å². The first-order valence-corrected chi connectivity index (χ1v) is 3.85. The summed E-state index contributed by atoms with van der Waals surface area (Å²) >= 11 is 0. The Hall–Kier alpha value is -1.35. The van der Waals surface area contributed by atoms with E-state index in [2.05, 4.69) is 10.9 Å². The summed E-state index contributed by atoms with van der Waals surface area (Å²) in [4.78, 5) is 10.2. The summed E-state index contributed by atoms with van der Waals surface area (Å²) in [6, 6.07) is 9.46. The Bertz CT molecular complexity index is 236. The molecule has 3 nitrogen and oxygen atoms in total. The standard InChI is InChI=1S/C9H12N2O/c1-8(7-12)10-11-9-5-3-2-4-6-9/h2-8,10-11H,1H3. The third-order valence-electron chi connectivity index (χ3n) is 1.42. The topological polar surface area (TPSA) is 41.1 Å². The van der Waals surface area contributed by atoms with E-state index in [-0.39, 0.29) is 6.04 Å². The Morgan fingerprint density at radius 3 is 2.58 bits per heavy atom. The minimum absolute atomic E-state index is 0.176. The van der Waals surface area contributed by atoms with E-state index in [0.29, 0.717) is 0 Å². The predicted molar refractivity (Wildman–Crippen MR) is 48.7 cm³/mol. The van der Waals surface area contributed by atoms with Crippen LogP contribution in [0, 0.1) is 0 Å². The van der Waals surface area contributed by atoms with Gasteiger partial charge in [0.2, 0.25) is 0 Å². The van der Waals surface area contributed by atoms with E-state index >= 15 is 0 Å². The number of hydrogen-bond donors (Lipinski definition) is 2. The van der Waals surface area contributed by atoms with Gasteiger partial charge in [-0.05, 0) is 19.1 Å². The molecule has 12 heavy (non-hydrogen) atoms. The van der Waals surface area contributed by atoms with Gasteiger partial charge in [0.25, 0.3) is 0 Å². The number of hydrogen-bond acceptors (Lipinski definition) is 3. The van der Waals surface area contributed by atoms with Crippen molar-refractivity contribution in [1.29, 1.82) is 0 Å². The van der Waals surface area contributed by atoms with Crippen LogP contribution in [0.15, 0.2) is 30.3 Å². The van der Waals surface area contributed by atoms with Gasteiger partial charge in [-0.25, -0.2) is 5.43 Å². The van der Waals surface area contributed by atoms with Crippen LogP contribution < -0.4 is 10.9 Å². The van der Waals surface area contributed by atoms with Crippen LogP contribution in [0.3, 0.4) is 0 Å². The molecule has 0 saturated carbocycles. The van der Waals surface area contributed by atoms with E-state index in [0.717, 1.165) is 12.0 Å². The van der Waals surface area contributed by atoms with Crippen molar-refractivity contribution >= 4 is 12.0 Å². The minimum atomic E-state index is -0.176. The molecule has 2 N–H and O–H groups in total. The molecule has 0 heterocycles. The largest absolute Gasteiger partial charge is 0.321 e. The Balaban J connectivity index is 2.38. The molecule has 0 aliphatic carbocycles. The Labute approximate surface area is 71.8 Å². The lowest BCUT2D eigenvalue weighted by atomic mass is 10.3. The molecule has 1 unspecified atom stereocenters.